The second kappa shape index (κ2) is 30.8. The number of hydrogen-bond acceptors (Lipinski definition) is 20. The predicted octanol–water partition coefficient (Wildman–Crippen LogP) is 12.3. The molecule has 24 nitrogen and oxygen atoms in total. The first-order valence-electron chi connectivity index (χ1n) is 33.9. The van der Waals surface area contributed by atoms with E-state index < -0.39 is 0 Å². The molecule has 0 radical (unpaired) electrons. The summed E-state index contributed by atoms with van der Waals surface area (Å²) in [7, 11) is 3.26. The molecule has 8 N–H and O–H groups in total. The molecular formula is C74H84N16O8. The number of carbonyl (C=O) groups is 2. The zero-order valence-electron chi connectivity index (χ0n) is 55.5. The Balaban J connectivity index is 0.000000176. The molecule has 10 aromatic rings. The van der Waals surface area contributed by atoms with Crippen molar-refractivity contribution in [2.45, 2.75) is 89.1 Å². The summed E-state index contributed by atoms with van der Waals surface area (Å²) < 4.78 is 23.1. The van der Waals surface area contributed by atoms with E-state index in [0.29, 0.717) is 95.3 Å². The number of aliphatic hydroxyl groups excluding tert-OH is 2. The fourth-order valence-corrected chi connectivity index (χ4v) is 13.8. The van der Waals surface area contributed by atoms with E-state index in [1.165, 1.54) is 64.0 Å². The van der Waals surface area contributed by atoms with Crippen LogP contribution in [0.5, 0.6) is 11.5 Å². The summed E-state index contributed by atoms with van der Waals surface area (Å²) in [6, 6.07) is 28.3. The number of aromatic nitrogens is 8. The number of aliphatic hydroxyl groups is 2. The number of methoxy groups -OCH3 is 2. The normalized spacial score (nSPS) is 15.5. The van der Waals surface area contributed by atoms with E-state index >= 15 is 0 Å². The van der Waals surface area contributed by atoms with Crippen molar-refractivity contribution in [2.24, 2.45) is 0 Å². The van der Waals surface area contributed by atoms with Gasteiger partial charge in [0.1, 0.15) is 34.3 Å². The van der Waals surface area contributed by atoms with Crippen LogP contribution in [0.4, 0.5) is 46.0 Å². The molecule has 0 spiro atoms. The fraction of sp³-hybridized carbons (Fsp3) is 0.351. The van der Waals surface area contributed by atoms with Crippen LogP contribution in [-0.2, 0) is 22.4 Å². The molecule has 0 unspecified atom stereocenters. The molecule has 4 saturated heterocycles. The van der Waals surface area contributed by atoms with Crippen LogP contribution in [0.3, 0.4) is 0 Å². The number of aromatic amines is 2. The number of ether oxygens (including phenoxy) is 2. The molecule has 4 aliphatic rings. The van der Waals surface area contributed by atoms with Gasteiger partial charge >= 0.3 is 0 Å². The molecule has 10 heterocycles. The highest BCUT2D eigenvalue weighted by molar-refractivity contribution is 6.03. The number of anilines is 8. The lowest BCUT2D eigenvalue weighted by Crippen LogP contribution is -2.44. The van der Waals surface area contributed by atoms with Crippen molar-refractivity contribution < 1.29 is 38.1 Å². The van der Waals surface area contributed by atoms with Gasteiger partial charge in [0.25, 0.3) is 0 Å². The number of rotatable bonds is 24. The van der Waals surface area contributed by atoms with Crippen molar-refractivity contribution >= 4 is 79.8 Å². The van der Waals surface area contributed by atoms with Crippen LogP contribution in [0.2, 0.25) is 0 Å². The van der Waals surface area contributed by atoms with Gasteiger partial charge in [-0.3, -0.25) is 9.59 Å². The molecule has 14 rings (SSSR count). The van der Waals surface area contributed by atoms with E-state index in [9.17, 15) is 19.8 Å². The predicted molar refractivity (Wildman–Crippen MR) is 383 cm³/mol. The largest absolute Gasteiger partial charge is 0.494 e. The summed E-state index contributed by atoms with van der Waals surface area (Å²) in [6.07, 6.45) is 21.0. The maximum atomic E-state index is 12.6. The fourth-order valence-electron chi connectivity index (χ4n) is 13.8. The van der Waals surface area contributed by atoms with Crippen molar-refractivity contribution in [3.8, 4) is 56.8 Å². The topological polar surface area (TPSA) is 289 Å². The van der Waals surface area contributed by atoms with Gasteiger partial charge in [-0.2, -0.15) is 0 Å². The standard InChI is InChI=1S/2C37H42N8O4/c2*1-3-34(47)39-28-22-29(32(48-2)23-30(28)45-17-11-26(12-18-45)44-15-4-5-16-44)41-37-38-14-10-27(40-37)36-35(42-33(43-36)7-6-19-46)25-9-8-24-13-20-49-31(24)21-25/h2*3,8-10,13-14,20-23,26,46H,1,4-7,11-12,15-19H2,2H3,(H,39,47)(H,42,43)(H,38,40,41). The second-order valence-electron chi connectivity index (χ2n) is 25.0. The SMILES string of the molecule is C=CC(=O)Nc1cc(Nc2nccc(-c3[nH]c(CCCO)nc3-c3ccc4ccoc4c3)n2)c(OC)cc1N1CCC(N2CCCC2)CC1.C=CC(=O)Nc1cc(Nc2nccc(-c3[nH]c(CCCO)nc3-c3ccc4ccoc4c3)n2)c(OC)cc1N1CCC(N2CCCC2)CC1. The van der Waals surface area contributed by atoms with E-state index in [2.05, 4.69) is 74.0 Å². The number of piperidine rings is 2. The maximum Gasteiger partial charge on any atom is 0.247 e. The highest BCUT2D eigenvalue weighted by Crippen LogP contribution is 2.43. The summed E-state index contributed by atoms with van der Waals surface area (Å²) in [4.78, 5) is 70.5. The number of imidazole rings is 2. The van der Waals surface area contributed by atoms with Crippen LogP contribution in [-0.4, -0.2) is 164 Å². The van der Waals surface area contributed by atoms with Gasteiger partial charge in [-0.05, 0) is 151 Å². The lowest BCUT2D eigenvalue weighted by molar-refractivity contribution is -0.112. The monoisotopic (exact) mass is 1320 g/mol. The van der Waals surface area contributed by atoms with E-state index in [4.69, 9.17) is 38.2 Å². The first-order valence-corrected chi connectivity index (χ1v) is 33.9. The Morgan fingerprint density at radius 1 is 0.551 bits per heavy atom. The molecular weight excluding hydrogens is 1240 g/mol. The number of nitrogens with zero attached hydrogens (tertiary/aromatic N) is 10. The Labute approximate surface area is 568 Å². The third-order valence-electron chi connectivity index (χ3n) is 18.9. The van der Waals surface area contributed by atoms with Gasteiger partial charge in [-0.25, -0.2) is 29.9 Å². The number of hydrogen-bond donors (Lipinski definition) is 8. The Hall–Kier alpha value is -10.4. The maximum absolute atomic E-state index is 12.6. The van der Waals surface area contributed by atoms with Crippen LogP contribution in [0.15, 0.2) is 144 Å². The molecule has 6 aromatic heterocycles. The van der Waals surface area contributed by atoms with Crippen molar-refractivity contribution in [2.75, 3.05) is 111 Å². The summed E-state index contributed by atoms with van der Waals surface area (Å²) in [5.41, 5.74) is 11.8. The first kappa shape index (κ1) is 66.2. The van der Waals surface area contributed by atoms with E-state index in [-0.39, 0.29) is 25.0 Å². The highest BCUT2D eigenvalue weighted by Gasteiger charge is 2.31. The number of fused-ring (bicyclic) bond motifs is 2. The second-order valence-corrected chi connectivity index (χ2v) is 25.0. The Kier molecular flexibility index (Phi) is 20.8. The zero-order chi connectivity index (χ0) is 67.5. The number of aryl methyl sites for hydroxylation is 2. The van der Waals surface area contributed by atoms with Gasteiger partial charge in [0.15, 0.2) is 0 Å². The van der Waals surface area contributed by atoms with E-state index in [1.807, 2.05) is 84.9 Å². The smallest absolute Gasteiger partial charge is 0.247 e. The molecule has 0 bridgehead atoms. The number of amides is 2. The number of likely N-dealkylation sites (tertiary alicyclic amines) is 2. The average molecular weight is 1330 g/mol. The summed E-state index contributed by atoms with van der Waals surface area (Å²) in [5, 5.41) is 33.6. The quantitative estimate of drug-likeness (QED) is 0.0261. The molecule has 98 heavy (non-hydrogen) atoms. The van der Waals surface area contributed by atoms with Crippen molar-refractivity contribution in [1.82, 2.24) is 49.7 Å². The number of nitrogens with one attached hydrogen (secondary N) is 6. The molecule has 508 valence electrons. The van der Waals surface area contributed by atoms with Gasteiger partial charge in [-0.15, -0.1) is 0 Å². The molecule has 0 aliphatic carbocycles. The molecule has 24 heteroatoms. The van der Waals surface area contributed by atoms with Crippen LogP contribution >= 0.6 is 0 Å². The van der Waals surface area contributed by atoms with Crippen LogP contribution in [0.25, 0.3) is 67.2 Å². The third-order valence-corrected chi connectivity index (χ3v) is 18.9. The van der Waals surface area contributed by atoms with Crippen LogP contribution < -0.4 is 40.5 Å². The zero-order valence-corrected chi connectivity index (χ0v) is 55.5. The molecule has 4 fully saturated rings. The number of carbonyl (C=O) groups excluding carboxylic acids is 2. The Bertz CT molecular complexity index is 4160. The Morgan fingerprint density at radius 3 is 1.36 bits per heavy atom. The van der Waals surface area contributed by atoms with E-state index in [0.717, 1.165) is 131 Å². The number of H-pyrrole nitrogens is 2. The molecule has 0 atom stereocenters. The molecule has 0 saturated carbocycles. The van der Waals surface area contributed by atoms with Crippen LogP contribution in [0, 0.1) is 0 Å². The number of benzene rings is 4. The molecule has 2 amide bonds. The number of furan rings is 2. The van der Waals surface area contributed by atoms with Gasteiger partial charge in [0.05, 0.1) is 95.0 Å². The van der Waals surface area contributed by atoms with E-state index in [1.54, 1.807) is 39.1 Å². The minimum atomic E-state index is -0.293. The lowest BCUT2D eigenvalue weighted by atomic mass is 10.0. The van der Waals surface area contributed by atoms with Gasteiger partial charge in [-0.1, -0.05) is 37.4 Å². The Morgan fingerprint density at radius 2 is 0.969 bits per heavy atom. The minimum absolute atomic E-state index is 0.0675. The third kappa shape index (κ3) is 15.1. The summed E-state index contributed by atoms with van der Waals surface area (Å²) in [5.74, 6) is 2.79. The summed E-state index contributed by atoms with van der Waals surface area (Å²) >= 11 is 0. The molecule has 4 aromatic carbocycles. The van der Waals surface area contributed by atoms with Gasteiger partial charge < -0.3 is 79.4 Å². The van der Waals surface area contributed by atoms with Gasteiger partial charge in [0, 0.05) is 111 Å². The van der Waals surface area contributed by atoms with Crippen molar-refractivity contribution in [3.05, 3.63) is 147 Å². The van der Waals surface area contributed by atoms with Crippen LogP contribution in [0.1, 0.15) is 75.9 Å². The highest BCUT2D eigenvalue weighted by atomic mass is 16.5. The first-order chi connectivity index (χ1) is 48.0. The lowest BCUT2D eigenvalue weighted by Gasteiger charge is -2.38. The summed E-state index contributed by atoms with van der Waals surface area (Å²) in [6.45, 7) is 15.8. The molecule has 4 aliphatic heterocycles. The van der Waals surface area contributed by atoms with Crippen molar-refractivity contribution in [1.29, 1.82) is 0 Å². The van der Waals surface area contributed by atoms with Crippen molar-refractivity contribution in [3.63, 3.8) is 0 Å². The average Bonchev–Trinajstić information content (AvgIpc) is 1.33. The minimum Gasteiger partial charge on any atom is -0.494 e. The van der Waals surface area contributed by atoms with Gasteiger partial charge in [0.2, 0.25) is 23.7 Å².